The Morgan fingerprint density at radius 2 is 1.81 bits per heavy atom. The predicted octanol–water partition coefficient (Wildman–Crippen LogP) is 2.62. The van der Waals surface area contributed by atoms with Gasteiger partial charge in [-0.25, -0.2) is 9.98 Å². The van der Waals surface area contributed by atoms with Crippen LogP contribution in [-0.2, 0) is 11.8 Å². The Hall–Kier alpha value is -2.32. The number of aromatic nitrogens is 2. The van der Waals surface area contributed by atoms with Crippen LogP contribution in [0.1, 0.15) is 6.92 Å². The van der Waals surface area contributed by atoms with Crippen molar-refractivity contribution in [1.82, 2.24) is 14.5 Å². The predicted molar refractivity (Wildman–Crippen MR) is 133 cm³/mol. The first kappa shape index (κ1) is 22.9. The maximum absolute atomic E-state index is 11.5. The van der Waals surface area contributed by atoms with Gasteiger partial charge in [0.15, 0.2) is 0 Å². The number of guanidine groups is 1. The number of fused-ring (bicyclic) bond motifs is 1. The normalized spacial score (nSPS) is 18.9. The fourth-order valence-corrected chi connectivity index (χ4v) is 4.58. The second-order valence-corrected chi connectivity index (χ2v) is 8.87. The number of halogens is 2. The lowest BCUT2D eigenvalue weighted by Crippen LogP contribution is -2.49. The van der Waals surface area contributed by atoms with E-state index in [2.05, 4.69) is 54.5 Å². The number of anilines is 2. The van der Waals surface area contributed by atoms with Crippen molar-refractivity contribution < 1.29 is 4.79 Å². The lowest BCUT2D eigenvalue weighted by Gasteiger charge is -2.36. The Kier molecular flexibility index (Phi) is 7.20. The quantitative estimate of drug-likeness (QED) is 0.573. The second kappa shape index (κ2) is 10.1. The molecule has 10 heteroatoms. The van der Waals surface area contributed by atoms with E-state index in [-0.39, 0.29) is 11.7 Å². The van der Waals surface area contributed by atoms with E-state index in [1.165, 1.54) is 0 Å². The summed E-state index contributed by atoms with van der Waals surface area (Å²) in [7, 11) is 2.06. The summed E-state index contributed by atoms with van der Waals surface area (Å²) in [6.45, 7) is 6.87. The molecular weight excluding hydrogens is 449 g/mol. The molecule has 0 amide bonds. The van der Waals surface area contributed by atoms with Gasteiger partial charge in [0.1, 0.15) is 5.78 Å². The molecule has 1 aromatic heterocycles. The number of alkyl halides is 2. The van der Waals surface area contributed by atoms with Gasteiger partial charge in [-0.05, 0) is 25.1 Å². The number of aryl methyl sites for hydroxylation is 1. The van der Waals surface area contributed by atoms with Gasteiger partial charge in [0.25, 0.3) is 0 Å². The number of hydrogen-bond donors (Lipinski definition) is 0. The Bertz CT molecular complexity index is 1020. The first-order valence-electron chi connectivity index (χ1n) is 10.9. The van der Waals surface area contributed by atoms with Crippen LogP contribution in [-0.4, -0.2) is 90.0 Å². The maximum atomic E-state index is 11.5. The molecule has 0 spiro atoms. The molecule has 1 saturated heterocycles. The van der Waals surface area contributed by atoms with Crippen LogP contribution >= 0.6 is 23.2 Å². The molecule has 0 saturated carbocycles. The first-order chi connectivity index (χ1) is 15.5. The summed E-state index contributed by atoms with van der Waals surface area (Å²) >= 11 is 11.9. The van der Waals surface area contributed by atoms with E-state index in [1.54, 1.807) is 13.1 Å². The molecule has 0 bridgehead atoms. The van der Waals surface area contributed by atoms with Gasteiger partial charge < -0.3 is 19.3 Å². The summed E-state index contributed by atoms with van der Waals surface area (Å²) in [4.78, 5) is 32.1. The highest BCUT2D eigenvalue weighted by Crippen LogP contribution is 2.27. The number of Topliss-reactive ketones (excluding diaryl/α,β-unsaturated/α-hetero) is 1. The van der Waals surface area contributed by atoms with E-state index < -0.39 is 0 Å². The van der Waals surface area contributed by atoms with Crippen molar-refractivity contribution in [3.8, 4) is 0 Å². The van der Waals surface area contributed by atoms with Crippen molar-refractivity contribution in [3.05, 3.63) is 18.2 Å². The number of hydrogen-bond acceptors (Lipinski definition) is 7. The van der Waals surface area contributed by atoms with Crippen molar-refractivity contribution in [3.63, 3.8) is 0 Å². The molecule has 2 aromatic rings. The zero-order valence-corrected chi connectivity index (χ0v) is 20.1. The molecule has 1 unspecified atom stereocenters. The van der Waals surface area contributed by atoms with E-state index in [0.29, 0.717) is 18.3 Å². The zero-order chi connectivity index (χ0) is 22.7. The Labute approximate surface area is 198 Å². The number of carbonyl (C=O) groups is 1. The maximum Gasteiger partial charge on any atom is 0.220 e. The lowest BCUT2D eigenvalue weighted by molar-refractivity contribution is -0.118. The topological polar surface area (TPSA) is 69.3 Å². The van der Waals surface area contributed by atoms with Gasteiger partial charge in [0, 0.05) is 70.0 Å². The number of piperazine rings is 1. The van der Waals surface area contributed by atoms with Gasteiger partial charge in [0.2, 0.25) is 11.9 Å². The number of nitrogens with zero attached hydrogens (tertiary/aromatic N) is 7. The summed E-state index contributed by atoms with van der Waals surface area (Å²) < 4.78 is 2.15. The average Bonchev–Trinajstić information content (AvgIpc) is 3.15. The van der Waals surface area contributed by atoms with Crippen LogP contribution in [0.15, 0.2) is 28.2 Å². The van der Waals surface area contributed by atoms with Gasteiger partial charge in [0.05, 0.1) is 23.5 Å². The molecule has 1 atom stereocenters. The van der Waals surface area contributed by atoms with Gasteiger partial charge >= 0.3 is 0 Å². The highest BCUT2D eigenvalue weighted by atomic mass is 35.5. The Morgan fingerprint density at radius 3 is 2.41 bits per heavy atom. The Morgan fingerprint density at radius 1 is 1.12 bits per heavy atom. The number of benzene rings is 1. The van der Waals surface area contributed by atoms with Gasteiger partial charge in [-0.15, -0.1) is 23.2 Å². The molecule has 0 N–H and O–H groups in total. The molecule has 1 aromatic carbocycles. The third-order valence-corrected chi connectivity index (χ3v) is 6.42. The minimum absolute atomic E-state index is 0.111. The zero-order valence-electron chi connectivity index (χ0n) is 18.5. The molecule has 2 aliphatic heterocycles. The summed E-state index contributed by atoms with van der Waals surface area (Å²) in [5.74, 6) is 2.73. The average molecular weight is 478 g/mol. The SMILES string of the molecule is CC(=O)C1C=NC(N2CCN(c3nc4cc(N(CCCl)CCCl)ccc4n3C)CC2)=NC1. The molecule has 0 radical (unpaired) electrons. The van der Waals surface area contributed by atoms with Gasteiger partial charge in [-0.1, -0.05) is 0 Å². The smallest absolute Gasteiger partial charge is 0.220 e. The number of ketones is 1. The van der Waals surface area contributed by atoms with Crippen LogP contribution < -0.4 is 9.80 Å². The minimum atomic E-state index is -0.185. The van der Waals surface area contributed by atoms with Crippen LogP contribution in [0.2, 0.25) is 0 Å². The van der Waals surface area contributed by atoms with Crippen LogP contribution in [0.25, 0.3) is 11.0 Å². The van der Waals surface area contributed by atoms with E-state index in [1.807, 2.05) is 0 Å². The monoisotopic (exact) mass is 477 g/mol. The summed E-state index contributed by atoms with van der Waals surface area (Å²) in [5.41, 5.74) is 3.15. The molecule has 2 aliphatic rings. The van der Waals surface area contributed by atoms with Gasteiger partial charge in [-0.2, -0.15) is 0 Å². The number of aliphatic imine (C=N–C) groups is 2. The molecule has 1 fully saturated rings. The number of rotatable bonds is 7. The van der Waals surface area contributed by atoms with E-state index in [0.717, 1.165) is 67.9 Å². The summed E-state index contributed by atoms with van der Waals surface area (Å²) in [6, 6.07) is 6.34. The van der Waals surface area contributed by atoms with E-state index in [4.69, 9.17) is 28.2 Å². The third kappa shape index (κ3) is 4.71. The van der Waals surface area contributed by atoms with Crippen molar-refractivity contribution in [2.24, 2.45) is 23.0 Å². The van der Waals surface area contributed by atoms with E-state index >= 15 is 0 Å². The van der Waals surface area contributed by atoms with Crippen LogP contribution in [0.3, 0.4) is 0 Å². The fourth-order valence-electron chi connectivity index (χ4n) is 4.18. The van der Waals surface area contributed by atoms with Crippen molar-refractivity contribution in [2.45, 2.75) is 6.92 Å². The van der Waals surface area contributed by atoms with E-state index in [9.17, 15) is 4.79 Å². The molecule has 4 rings (SSSR count). The highest BCUT2D eigenvalue weighted by molar-refractivity contribution is 6.18. The summed E-state index contributed by atoms with van der Waals surface area (Å²) in [6.07, 6.45) is 1.73. The molecule has 3 heterocycles. The van der Waals surface area contributed by atoms with Crippen LogP contribution in [0.5, 0.6) is 0 Å². The van der Waals surface area contributed by atoms with Crippen LogP contribution in [0.4, 0.5) is 11.6 Å². The van der Waals surface area contributed by atoms with Crippen molar-refractivity contribution in [1.29, 1.82) is 0 Å². The molecule has 172 valence electrons. The highest BCUT2D eigenvalue weighted by Gasteiger charge is 2.25. The third-order valence-electron chi connectivity index (χ3n) is 6.08. The number of imidazole rings is 1. The molecule has 32 heavy (non-hydrogen) atoms. The molecule has 0 aliphatic carbocycles. The number of carbonyl (C=O) groups excluding carboxylic acids is 1. The standard InChI is InChI=1S/C22H29Cl2N7O/c1-16(32)17-14-25-21(26-15-17)30-9-11-31(12-10-30)22-27-19-13-18(3-4-20(19)28(22)2)29(7-5-23)8-6-24/h3-4,13-14,17H,5-12,15H2,1-2H3. The van der Waals surface area contributed by atoms with Crippen LogP contribution in [0, 0.1) is 5.92 Å². The second-order valence-electron chi connectivity index (χ2n) is 8.12. The fraction of sp³-hybridized carbons (Fsp3) is 0.545. The van der Waals surface area contributed by atoms with Gasteiger partial charge in [-0.3, -0.25) is 9.79 Å². The largest absolute Gasteiger partial charge is 0.369 e. The molecular formula is C22H29Cl2N7O. The minimum Gasteiger partial charge on any atom is -0.369 e. The van der Waals surface area contributed by atoms with Crippen molar-refractivity contribution >= 4 is 63.8 Å². The summed E-state index contributed by atoms with van der Waals surface area (Å²) in [5, 5.41) is 0. The Balaban J connectivity index is 1.46. The first-order valence-corrected chi connectivity index (χ1v) is 12.0. The lowest BCUT2D eigenvalue weighted by atomic mass is 10.1. The van der Waals surface area contributed by atoms with Crippen molar-refractivity contribution in [2.75, 3.05) is 67.4 Å². The molecule has 8 nitrogen and oxygen atoms in total.